The van der Waals surface area contributed by atoms with E-state index in [0.717, 1.165) is 19.4 Å². The normalized spacial score (nSPS) is 12.2. The van der Waals surface area contributed by atoms with Crippen LogP contribution in [-0.4, -0.2) is 33.1 Å². The molecule has 0 rings (SSSR count). The molecule has 0 aromatic heterocycles. The Balaban J connectivity index is 2.99. The number of unbranched alkanes of at least 4 members (excludes halogenated alkanes) is 13. The monoisotopic (exact) mass is 344 g/mol. The van der Waals surface area contributed by atoms with Crippen molar-refractivity contribution in [3.05, 3.63) is 0 Å². The molecule has 0 saturated carbocycles. The topological polar surface area (TPSA) is 44.8 Å². The van der Waals surface area contributed by atoms with E-state index in [1.54, 1.807) is 7.11 Å². The maximum Gasteiger partial charge on any atom is 0.293 e. The van der Waals surface area contributed by atoms with Gasteiger partial charge in [-0.1, -0.05) is 77.0 Å². The predicted octanol–water partition coefficient (Wildman–Crippen LogP) is 5.63. The zero-order valence-electron chi connectivity index (χ0n) is 16.1. The first-order valence-electron chi connectivity index (χ1n) is 10.0. The SMILES string of the molecule is COC(C)OCCCCCCCCCCCCCCCCOC=O. The van der Waals surface area contributed by atoms with Crippen LogP contribution in [-0.2, 0) is 19.0 Å². The summed E-state index contributed by atoms with van der Waals surface area (Å²) >= 11 is 0. The van der Waals surface area contributed by atoms with E-state index in [2.05, 4.69) is 4.74 Å². The first-order valence-corrected chi connectivity index (χ1v) is 10.0. The summed E-state index contributed by atoms with van der Waals surface area (Å²) in [5.74, 6) is 0. The highest BCUT2D eigenvalue weighted by atomic mass is 16.7. The Hall–Kier alpha value is -0.610. The molecule has 0 N–H and O–H groups in total. The molecule has 144 valence electrons. The molecule has 4 nitrogen and oxygen atoms in total. The lowest BCUT2D eigenvalue weighted by Gasteiger charge is -2.10. The number of methoxy groups -OCH3 is 1. The van der Waals surface area contributed by atoms with Crippen LogP contribution in [0.1, 0.15) is 96.8 Å². The molecule has 0 aromatic rings. The van der Waals surface area contributed by atoms with Gasteiger partial charge in [0.2, 0.25) is 0 Å². The summed E-state index contributed by atoms with van der Waals surface area (Å²) in [6.45, 7) is 3.88. The second kappa shape index (κ2) is 20.4. The number of carbonyl (C=O) groups is 1. The van der Waals surface area contributed by atoms with E-state index >= 15 is 0 Å². The molecule has 1 atom stereocenters. The van der Waals surface area contributed by atoms with Gasteiger partial charge in [0.25, 0.3) is 6.47 Å². The first kappa shape index (κ1) is 23.4. The van der Waals surface area contributed by atoms with E-state index in [1.165, 1.54) is 77.0 Å². The molecule has 0 saturated heterocycles. The fourth-order valence-corrected chi connectivity index (χ4v) is 2.77. The van der Waals surface area contributed by atoms with E-state index in [4.69, 9.17) is 9.47 Å². The molecule has 0 fully saturated rings. The predicted molar refractivity (Wildman–Crippen MR) is 99.1 cm³/mol. The van der Waals surface area contributed by atoms with Crippen molar-refractivity contribution in [3.8, 4) is 0 Å². The summed E-state index contributed by atoms with van der Waals surface area (Å²) in [6.07, 6.45) is 18.1. The fraction of sp³-hybridized carbons (Fsp3) is 0.950. The summed E-state index contributed by atoms with van der Waals surface area (Å²) in [5.41, 5.74) is 0. The van der Waals surface area contributed by atoms with Crippen LogP contribution in [0.5, 0.6) is 0 Å². The fourth-order valence-electron chi connectivity index (χ4n) is 2.77. The van der Waals surface area contributed by atoms with Crippen molar-refractivity contribution in [1.29, 1.82) is 0 Å². The summed E-state index contributed by atoms with van der Waals surface area (Å²) in [7, 11) is 1.68. The van der Waals surface area contributed by atoms with Crippen LogP contribution in [0.2, 0.25) is 0 Å². The average molecular weight is 345 g/mol. The van der Waals surface area contributed by atoms with E-state index in [9.17, 15) is 4.79 Å². The van der Waals surface area contributed by atoms with Crippen LogP contribution in [0.4, 0.5) is 0 Å². The molecule has 0 aromatic carbocycles. The van der Waals surface area contributed by atoms with E-state index < -0.39 is 0 Å². The van der Waals surface area contributed by atoms with Crippen LogP contribution in [0.15, 0.2) is 0 Å². The zero-order valence-corrected chi connectivity index (χ0v) is 16.1. The molecule has 0 bridgehead atoms. The number of hydrogen-bond donors (Lipinski definition) is 0. The van der Waals surface area contributed by atoms with Crippen LogP contribution < -0.4 is 0 Å². The van der Waals surface area contributed by atoms with E-state index in [0.29, 0.717) is 13.1 Å². The largest absolute Gasteiger partial charge is 0.468 e. The van der Waals surface area contributed by atoms with Gasteiger partial charge in [-0.15, -0.1) is 0 Å². The molecule has 0 amide bonds. The molecule has 0 aliphatic heterocycles. The molecule has 1 unspecified atom stereocenters. The van der Waals surface area contributed by atoms with Crippen LogP contribution >= 0.6 is 0 Å². The lowest BCUT2D eigenvalue weighted by Crippen LogP contribution is -2.10. The summed E-state index contributed by atoms with van der Waals surface area (Å²) in [4.78, 5) is 9.97. The van der Waals surface area contributed by atoms with E-state index in [-0.39, 0.29) is 6.29 Å². The minimum Gasteiger partial charge on any atom is -0.468 e. The maximum atomic E-state index is 9.97. The number of hydrogen-bond acceptors (Lipinski definition) is 4. The second-order valence-corrected chi connectivity index (χ2v) is 6.59. The van der Waals surface area contributed by atoms with Crippen molar-refractivity contribution in [3.63, 3.8) is 0 Å². The van der Waals surface area contributed by atoms with Gasteiger partial charge in [0.1, 0.15) is 0 Å². The van der Waals surface area contributed by atoms with Crippen molar-refractivity contribution in [2.45, 2.75) is 103 Å². The van der Waals surface area contributed by atoms with Crippen LogP contribution in [0, 0.1) is 0 Å². The Morgan fingerprint density at radius 3 is 1.42 bits per heavy atom. The summed E-state index contributed by atoms with van der Waals surface area (Å²) in [5, 5.41) is 0. The highest BCUT2D eigenvalue weighted by molar-refractivity contribution is 5.36. The van der Waals surface area contributed by atoms with E-state index in [1.807, 2.05) is 6.92 Å². The van der Waals surface area contributed by atoms with Gasteiger partial charge in [-0.2, -0.15) is 0 Å². The lowest BCUT2D eigenvalue weighted by atomic mass is 10.0. The Morgan fingerprint density at radius 2 is 1.04 bits per heavy atom. The minimum atomic E-state index is -0.0681. The molecule has 0 aliphatic rings. The highest BCUT2D eigenvalue weighted by Gasteiger charge is 1.98. The van der Waals surface area contributed by atoms with Crippen molar-refractivity contribution in [2.75, 3.05) is 20.3 Å². The molecule has 0 aliphatic carbocycles. The maximum absolute atomic E-state index is 9.97. The minimum absolute atomic E-state index is 0.0681. The smallest absolute Gasteiger partial charge is 0.293 e. The highest BCUT2D eigenvalue weighted by Crippen LogP contribution is 2.13. The van der Waals surface area contributed by atoms with Crippen molar-refractivity contribution in [2.24, 2.45) is 0 Å². The molecule has 4 heteroatoms. The molecule has 0 heterocycles. The second-order valence-electron chi connectivity index (χ2n) is 6.59. The molecular weight excluding hydrogens is 304 g/mol. The van der Waals surface area contributed by atoms with Crippen LogP contribution in [0.3, 0.4) is 0 Å². The molecular formula is C20H40O4. The third-order valence-electron chi connectivity index (χ3n) is 4.41. The quantitative estimate of drug-likeness (QED) is 0.163. The molecule has 0 radical (unpaired) electrons. The van der Waals surface area contributed by atoms with Gasteiger partial charge in [0, 0.05) is 13.7 Å². The third-order valence-corrected chi connectivity index (χ3v) is 4.41. The average Bonchev–Trinajstić information content (AvgIpc) is 2.60. The van der Waals surface area contributed by atoms with Gasteiger partial charge in [0.15, 0.2) is 6.29 Å². The Kier molecular flexibility index (Phi) is 19.9. The number of carbonyl (C=O) groups excluding carboxylic acids is 1. The molecule has 24 heavy (non-hydrogen) atoms. The van der Waals surface area contributed by atoms with Gasteiger partial charge in [-0.05, 0) is 19.8 Å². The number of ether oxygens (including phenoxy) is 3. The standard InChI is InChI=1S/C20H40O4/c1-20(22-2)24-18-16-14-12-10-8-6-4-3-5-7-9-11-13-15-17-23-19-21/h19-20H,3-18H2,1-2H3. The van der Waals surface area contributed by atoms with Crippen molar-refractivity contribution >= 4 is 6.47 Å². The van der Waals surface area contributed by atoms with Gasteiger partial charge < -0.3 is 14.2 Å². The van der Waals surface area contributed by atoms with Crippen molar-refractivity contribution < 1.29 is 19.0 Å². The van der Waals surface area contributed by atoms with Gasteiger partial charge >= 0.3 is 0 Å². The Labute approximate surface area is 149 Å². The van der Waals surface area contributed by atoms with Crippen molar-refractivity contribution in [1.82, 2.24) is 0 Å². The zero-order chi connectivity index (χ0) is 17.7. The lowest BCUT2D eigenvalue weighted by molar-refractivity contribution is -0.128. The Bertz CT molecular complexity index is 246. The van der Waals surface area contributed by atoms with Gasteiger partial charge in [-0.25, -0.2) is 0 Å². The third kappa shape index (κ3) is 19.4. The molecule has 0 spiro atoms. The summed E-state index contributed by atoms with van der Waals surface area (Å²) in [6, 6.07) is 0. The first-order chi connectivity index (χ1) is 11.8. The Morgan fingerprint density at radius 1 is 0.667 bits per heavy atom. The van der Waals surface area contributed by atoms with Gasteiger partial charge in [0.05, 0.1) is 6.61 Å². The van der Waals surface area contributed by atoms with Gasteiger partial charge in [-0.3, -0.25) is 4.79 Å². The van der Waals surface area contributed by atoms with Crippen LogP contribution in [0.25, 0.3) is 0 Å². The summed E-state index contributed by atoms with van der Waals surface area (Å²) < 4.78 is 15.2. The number of rotatable bonds is 20.